The first-order chi connectivity index (χ1) is 8.20. The van der Waals surface area contributed by atoms with Crippen molar-refractivity contribution in [3.05, 3.63) is 49.1 Å². The molecule has 17 heavy (non-hydrogen) atoms. The maximum absolute atomic E-state index is 11.8. The van der Waals surface area contributed by atoms with Gasteiger partial charge in [0.2, 0.25) is 0 Å². The number of rotatable bonds is 6. The Kier molecular flexibility index (Phi) is 5.57. The van der Waals surface area contributed by atoms with Gasteiger partial charge in [-0.05, 0) is 0 Å². The van der Waals surface area contributed by atoms with Crippen molar-refractivity contribution in [1.29, 1.82) is 0 Å². The fourth-order valence-electron chi connectivity index (χ4n) is 1.19. The van der Waals surface area contributed by atoms with E-state index in [0.717, 1.165) is 4.35 Å². The van der Waals surface area contributed by atoms with Gasteiger partial charge in [0, 0.05) is 0 Å². The number of para-hydroxylation sites is 1. The molecule has 0 fully saturated rings. The van der Waals surface area contributed by atoms with Gasteiger partial charge in [-0.1, -0.05) is 0 Å². The van der Waals surface area contributed by atoms with Crippen LogP contribution in [-0.4, -0.2) is 36.0 Å². The number of hydrogen-bond donors (Lipinski definition) is 0. The van der Waals surface area contributed by atoms with Gasteiger partial charge in [0.1, 0.15) is 0 Å². The predicted octanol–water partition coefficient (Wildman–Crippen LogP) is 1.39. The molecule has 88 valence electrons. The molecule has 0 aromatic heterocycles. The molecule has 1 rings (SSSR count). The molecule has 1 aromatic rings. The van der Waals surface area contributed by atoms with Gasteiger partial charge in [0.25, 0.3) is 0 Å². The summed E-state index contributed by atoms with van der Waals surface area (Å²) < 4.78 is 11.3. The van der Waals surface area contributed by atoms with E-state index in [0.29, 0.717) is 17.9 Å². The Bertz CT molecular complexity index is 427. The first-order valence-corrected chi connectivity index (χ1v) is 5.98. The van der Waals surface area contributed by atoms with Crippen LogP contribution >= 0.6 is 0 Å². The number of carbonyl (C=O) groups excluding carboxylic acids is 1. The molecule has 0 amide bonds. The fraction of sp³-hybridized carbons (Fsp3) is 0.154. The number of benzene rings is 1. The van der Waals surface area contributed by atoms with E-state index in [9.17, 15) is 4.79 Å². The first kappa shape index (κ1) is 13.6. The van der Waals surface area contributed by atoms with Crippen molar-refractivity contribution in [3.8, 4) is 5.75 Å². The number of esters is 1. The molecule has 0 aliphatic heterocycles. The summed E-state index contributed by atoms with van der Waals surface area (Å²) >= 11 is 2.36. The average molecular weight is 292 g/mol. The van der Waals surface area contributed by atoms with Gasteiger partial charge in [-0.15, -0.1) is 0 Å². The first-order valence-electron chi connectivity index (χ1n) is 5.04. The zero-order chi connectivity index (χ0) is 12.7. The second kappa shape index (κ2) is 6.97. The van der Waals surface area contributed by atoms with Gasteiger partial charge < -0.3 is 0 Å². The van der Waals surface area contributed by atoms with Crippen LogP contribution in [0.25, 0.3) is 0 Å². The molecule has 1 aromatic carbocycles. The van der Waals surface area contributed by atoms with Gasteiger partial charge in [-0.25, -0.2) is 0 Å². The molecule has 0 N–H and O–H groups in total. The van der Waals surface area contributed by atoms with Crippen molar-refractivity contribution in [2.45, 2.75) is 0 Å². The molecule has 0 spiro atoms. The summed E-state index contributed by atoms with van der Waals surface area (Å²) in [6.07, 6.45) is 3.15. The summed E-state index contributed by atoms with van der Waals surface area (Å²) in [6, 6.07) is 5.29. The summed E-state index contributed by atoms with van der Waals surface area (Å²) in [5, 5.41) is 0. The van der Waals surface area contributed by atoms with Crippen molar-refractivity contribution in [2.24, 2.45) is 0 Å². The van der Waals surface area contributed by atoms with Crippen LogP contribution in [0.3, 0.4) is 0 Å². The maximum atomic E-state index is 11.8. The van der Waals surface area contributed by atoms with Crippen molar-refractivity contribution < 1.29 is 14.3 Å². The van der Waals surface area contributed by atoms with Gasteiger partial charge in [-0.3, -0.25) is 0 Å². The Labute approximate surface area is 110 Å². The van der Waals surface area contributed by atoms with Crippen molar-refractivity contribution in [3.63, 3.8) is 0 Å². The average Bonchev–Trinajstić information content (AvgIpc) is 2.34. The molecule has 0 aliphatic rings. The second-order valence-electron chi connectivity index (χ2n) is 3.14. The Morgan fingerprint density at radius 2 is 2.00 bits per heavy atom. The summed E-state index contributed by atoms with van der Waals surface area (Å²) in [7, 11) is 0. The van der Waals surface area contributed by atoms with E-state index in [2.05, 4.69) is 30.0 Å². The van der Waals surface area contributed by atoms with E-state index in [1.165, 1.54) is 6.08 Å². The molecule has 3 nitrogen and oxygen atoms in total. The number of hydrogen-bond acceptors (Lipinski definition) is 3. The second-order valence-corrected chi connectivity index (χ2v) is 4.15. The summed E-state index contributed by atoms with van der Waals surface area (Å²) in [5.41, 5.74) is 0.409. The van der Waals surface area contributed by atoms with Crippen LogP contribution in [0.1, 0.15) is 10.4 Å². The van der Waals surface area contributed by atoms with Crippen LogP contribution < -0.4 is 9.09 Å². The predicted molar refractivity (Wildman–Crippen MR) is 68.0 cm³/mol. The number of ether oxygens (including phenoxy) is 2. The minimum atomic E-state index is -0.420. The minimum absolute atomic E-state index is 0.183. The van der Waals surface area contributed by atoms with Crippen LogP contribution in [0.4, 0.5) is 0 Å². The molecule has 0 bridgehead atoms. The van der Waals surface area contributed by atoms with Crippen LogP contribution in [-0.2, 0) is 4.74 Å². The summed E-state index contributed by atoms with van der Waals surface area (Å²) in [4.78, 5) is 11.8. The molecule has 0 atom stereocenters. The topological polar surface area (TPSA) is 35.5 Å². The zero-order valence-corrected chi connectivity index (χ0v) is 11.3. The quantitative estimate of drug-likeness (QED) is 0.451. The van der Waals surface area contributed by atoms with Crippen LogP contribution in [0.5, 0.6) is 5.75 Å². The van der Waals surface area contributed by atoms with E-state index in [1.807, 2.05) is 6.07 Å². The molecular weight excluding hydrogens is 279 g/mol. The van der Waals surface area contributed by atoms with Gasteiger partial charge in [-0.2, -0.15) is 0 Å². The van der Waals surface area contributed by atoms with Crippen molar-refractivity contribution >= 4 is 27.2 Å². The molecule has 2 radical (unpaired) electrons. The summed E-state index contributed by atoms with van der Waals surface area (Å²) in [6.45, 7) is 7.59. The fourth-order valence-corrected chi connectivity index (χ4v) is 1.76. The normalized spacial score (nSPS) is 9.47. The third kappa shape index (κ3) is 3.79. The third-order valence-electron chi connectivity index (χ3n) is 1.89. The van der Waals surface area contributed by atoms with E-state index in [1.54, 1.807) is 18.2 Å². The Hall–Kier alpha value is -1.47. The standard InChI is InChI=1S/C13H13AsO3/c1-3-8-16-12-10(6-5-7-11(12)14)13(15)17-9-4-2/h3-7H,1-2,8-9H2. The molecule has 4 heteroatoms. The van der Waals surface area contributed by atoms with Gasteiger partial charge in [0.15, 0.2) is 0 Å². The molecular formula is C13H13AsO3. The number of carbonyl (C=O) groups is 1. The zero-order valence-electron chi connectivity index (χ0n) is 9.39. The molecule has 0 saturated heterocycles. The third-order valence-corrected chi connectivity index (χ3v) is 2.63. The van der Waals surface area contributed by atoms with Crippen LogP contribution in [0, 0.1) is 0 Å². The van der Waals surface area contributed by atoms with E-state index >= 15 is 0 Å². The molecule has 0 aliphatic carbocycles. The van der Waals surface area contributed by atoms with Crippen LogP contribution in [0.15, 0.2) is 43.5 Å². The van der Waals surface area contributed by atoms with Gasteiger partial charge in [0.05, 0.1) is 0 Å². The monoisotopic (exact) mass is 292 g/mol. The van der Waals surface area contributed by atoms with E-state index in [4.69, 9.17) is 9.47 Å². The van der Waals surface area contributed by atoms with Crippen molar-refractivity contribution in [1.82, 2.24) is 0 Å². The molecule has 0 heterocycles. The Balaban J connectivity index is 2.96. The molecule has 0 unspecified atom stereocenters. The van der Waals surface area contributed by atoms with Crippen LogP contribution in [0.2, 0.25) is 0 Å². The van der Waals surface area contributed by atoms with E-state index in [-0.39, 0.29) is 6.61 Å². The molecule has 0 saturated carbocycles. The van der Waals surface area contributed by atoms with E-state index < -0.39 is 5.97 Å². The Morgan fingerprint density at radius 3 is 2.65 bits per heavy atom. The van der Waals surface area contributed by atoms with Gasteiger partial charge >= 0.3 is 109 Å². The summed E-state index contributed by atoms with van der Waals surface area (Å²) in [5.74, 6) is 0.0957. The Morgan fingerprint density at radius 1 is 1.29 bits per heavy atom. The SMILES string of the molecule is C=CCOC(=O)c1cccc([As])c1OCC=C. The van der Waals surface area contributed by atoms with Crippen molar-refractivity contribution in [2.75, 3.05) is 13.2 Å².